The molecule has 1 N–H and O–H groups in total. The molecule has 1 aliphatic rings. The van der Waals surface area contributed by atoms with Gasteiger partial charge in [0.25, 0.3) is 5.91 Å². The Morgan fingerprint density at radius 3 is 2.52 bits per heavy atom. The quantitative estimate of drug-likeness (QED) is 0.794. The van der Waals surface area contributed by atoms with Gasteiger partial charge in [0.2, 0.25) is 5.91 Å². The van der Waals surface area contributed by atoms with Crippen LogP contribution >= 0.6 is 0 Å². The normalized spacial score (nSPS) is 14.8. The van der Waals surface area contributed by atoms with Gasteiger partial charge in [-0.25, -0.2) is 0 Å². The Kier molecular flexibility index (Phi) is 6.16. The molecule has 3 rings (SSSR count). The Bertz CT molecular complexity index is 757. The first-order valence-electron chi connectivity index (χ1n) is 9.34. The van der Waals surface area contributed by atoms with E-state index in [0.29, 0.717) is 44.8 Å². The minimum atomic E-state index is -0.110. The van der Waals surface area contributed by atoms with Crippen LogP contribution in [0.5, 0.6) is 5.75 Å². The molecule has 1 aromatic carbocycles. The summed E-state index contributed by atoms with van der Waals surface area (Å²) in [5.74, 6) is 1.03. The summed E-state index contributed by atoms with van der Waals surface area (Å²) in [5.41, 5.74) is 2.31. The number of carbonyl (C=O) groups excluding carboxylic acids is 2. The van der Waals surface area contributed by atoms with Gasteiger partial charge in [0.05, 0.1) is 12.8 Å². The van der Waals surface area contributed by atoms with E-state index in [1.165, 1.54) is 6.26 Å². The molecule has 0 spiro atoms. The highest BCUT2D eigenvalue weighted by Crippen LogP contribution is 2.19. The van der Waals surface area contributed by atoms with Crippen LogP contribution in [-0.2, 0) is 4.79 Å². The summed E-state index contributed by atoms with van der Waals surface area (Å²) < 4.78 is 10.9. The molecule has 27 heavy (non-hydrogen) atoms. The smallest absolute Gasteiger partial charge is 0.289 e. The van der Waals surface area contributed by atoms with Gasteiger partial charge in [0.15, 0.2) is 5.76 Å². The fraction of sp³-hybridized carbons (Fsp3) is 0.429. The van der Waals surface area contributed by atoms with Gasteiger partial charge in [-0.05, 0) is 62.1 Å². The molecule has 144 valence electrons. The fourth-order valence-corrected chi connectivity index (χ4v) is 3.40. The molecule has 0 radical (unpaired) electrons. The molecule has 0 aliphatic carbocycles. The van der Waals surface area contributed by atoms with Crippen LogP contribution in [-0.4, -0.2) is 43.0 Å². The number of amides is 2. The Balaban J connectivity index is 1.37. The lowest BCUT2D eigenvalue weighted by Gasteiger charge is -2.30. The lowest BCUT2D eigenvalue weighted by atomic mass is 9.96. The minimum Gasteiger partial charge on any atom is -0.492 e. The first-order valence-corrected chi connectivity index (χ1v) is 9.34. The second-order valence-electron chi connectivity index (χ2n) is 7.01. The summed E-state index contributed by atoms with van der Waals surface area (Å²) in [6.07, 6.45) is 2.82. The summed E-state index contributed by atoms with van der Waals surface area (Å²) >= 11 is 0. The second kappa shape index (κ2) is 8.75. The van der Waals surface area contributed by atoms with E-state index in [4.69, 9.17) is 9.15 Å². The van der Waals surface area contributed by atoms with E-state index in [2.05, 4.69) is 11.4 Å². The Morgan fingerprint density at radius 2 is 1.89 bits per heavy atom. The standard InChI is InChI=1S/C21H26N2O4/c1-15-12-16(2)14-18(13-15)26-11-7-22-20(24)17-5-8-23(9-6-17)21(25)19-4-3-10-27-19/h3-4,10,12-14,17H,5-9,11H2,1-2H3,(H,22,24). The molecule has 2 amide bonds. The molecule has 6 heteroatoms. The van der Waals surface area contributed by atoms with E-state index >= 15 is 0 Å². The number of carbonyl (C=O) groups is 2. The largest absolute Gasteiger partial charge is 0.492 e. The average Bonchev–Trinajstić information content (AvgIpc) is 3.18. The molecule has 0 atom stereocenters. The zero-order valence-electron chi connectivity index (χ0n) is 15.9. The number of nitrogens with zero attached hydrogens (tertiary/aromatic N) is 1. The third-order valence-corrected chi connectivity index (χ3v) is 4.75. The van der Waals surface area contributed by atoms with Crippen LogP contribution in [0.25, 0.3) is 0 Å². The molecule has 0 unspecified atom stereocenters. The van der Waals surface area contributed by atoms with Crippen molar-refractivity contribution in [3.63, 3.8) is 0 Å². The number of furan rings is 1. The number of nitrogens with one attached hydrogen (secondary N) is 1. The van der Waals surface area contributed by atoms with Crippen LogP contribution in [0, 0.1) is 19.8 Å². The third-order valence-electron chi connectivity index (χ3n) is 4.75. The monoisotopic (exact) mass is 370 g/mol. The number of ether oxygens (including phenoxy) is 1. The van der Waals surface area contributed by atoms with E-state index in [1.807, 2.05) is 26.0 Å². The van der Waals surface area contributed by atoms with Gasteiger partial charge in [0.1, 0.15) is 12.4 Å². The van der Waals surface area contributed by atoms with Crippen molar-refractivity contribution >= 4 is 11.8 Å². The summed E-state index contributed by atoms with van der Waals surface area (Å²) in [6, 6.07) is 9.43. The number of benzene rings is 1. The van der Waals surface area contributed by atoms with Crippen molar-refractivity contribution in [3.8, 4) is 5.75 Å². The van der Waals surface area contributed by atoms with Crippen LogP contribution < -0.4 is 10.1 Å². The highest BCUT2D eigenvalue weighted by atomic mass is 16.5. The predicted octanol–water partition coefficient (Wildman–Crippen LogP) is 2.94. The number of piperidine rings is 1. The van der Waals surface area contributed by atoms with Crippen LogP contribution in [0.2, 0.25) is 0 Å². The van der Waals surface area contributed by atoms with Gasteiger partial charge in [-0.15, -0.1) is 0 Å². The van der Waals surface area contributed by atoms with Crippen molar-refractivity contribution in [2.45, 2.75) is 26.7 Å². The van der Waals surface area contributed by atoms with Crippen LogP contribution in [0.3, 0.4) is 0 Å². The van der Waals surface area contributed by atoms with Gasteiger partial charge in [-0.3, -0.25) is 9.59 Å². The molecule has 2 heterocycles. The van der Waals surface area contributed by atoms with E-state index in [9.17, 15) is 9.59 Å². The topological polar surface area (TPSA) is 71.8 Å². The summed E-state index contributed by atoms with van der Waals surface area (Å²) in [5, 5.41) is 2.94. The number of rotatable bonds is 6. The molecule has 0 bridgehead atoms. The number of aryl methyl sites for hydroxylation is 2. The van der Waals surface area contributed by atoms with E-state index < -0.39 is 0 Å². The first kappa shape index (κ1) is 19.0. The number of likely N-dealkylation sites (tertiary alicyclic amines) is 1. The molecule has 2 aromatic rings. The van der Waals surface area contributed by atoms with Gasteiger partial charge in [-0.1, -0.05) is 6.07 Å². The Labute approximate surface area is 159 Å². The zero-order chi connectivity index (χ0) is 19.2. The van der Waals surface area contributed by atoms with E-state index in [1.54, 1.807) is 17.0 Å². The zero-order valence-corrected chi connectivity index (χ0v) is 15.9. The number of hydrogen-bond acceptors (Lipinski definition) is 4. The Morgan fingerprint density at radius 1 is 1.19 bits per heavy atom. The van der Waals surface area contributed by atoms with Gasteiger partial charge in [0, 0.05) is 19.0 Å². The minimum absolute atomic E-state index is 0.0316. The Hall–Kier alpha value is -2.76. The maximum absolute atomic E-state index is 12.3. The summed E-state index contributed by atoms with van der Waals surface area (Å²) in [7, 11) is 0. The van der Waals surface area contributed by atoms with E-state index in [-0.39, 0.29) is 17.7 Å². The number of hydrogen-bond donors (Lipinski definition) is 1. The van der Waals surface area contributed by atoms with Crippen molar-refractivity contribution in [1.82, 2.24) is 10.2 Å². The maximum atomic E-state index is 12.3. The van der Waals surface area contributed by atoms with Crippen LogP contribution in [0.4, 0.5) is 0 Å². The predicted molar refractivity (Wildman–Crippen MR) is 102 cm³/mol. The van der Waals surface area contributed by atoms with Crippen molar-refractivity contribution in [3.05, 3.63) is 53.5 Å². The summed E-state index contributed by atoms with van der Waals surface area (Å²) in [6.45, 7) is 6.10. The highest BCUT2D eigenvalue weighted by Gasteiger charge is 2.28. The molecule has 1 aromatic heterocycles. The maximum Gasteiger partial charge on any atom is 0.289 e. The molecule has 1 fully saturated rings. The lowest BCUT2D eigenvalue weighted by molar-refractivity contribution is -0.126. The van der Waals surface area contributed by atoms with Gasteiger partial charge in [-0.2, -0.15) is 0 Å². The van der Waals surface area contributed by atoms with Crippen molar-refractivity contribution in [1.29, 1.82) is 0 Å². The first-order chi connectivity index (χ1) is 13.0. The molecule has 0 saturated carbocycles. The van der Waals surface area contributed by atoms with Crippen molar-refractivity contribution < 1.29 is 18.7 Å². The average molecular weight is 370 g/mol. The summed E-state index contributed by atoms with van der Waals surface area (Å²) in [4.78, 5) is 26.3. The molecular weight excluding hydrogens is 344 g/mol. The van der Waals surface area contributed by atoms with Crippen molar-refractivity contribution in [2.24, 2.45) is 5.92 Å². The molecule has 1 aliphatic heterocycles. The van der Waals surface area contributed by atoms with Gasteiger partial charge < -0.3 is 19.4 Å². The third kappa shape index (κ3) is 5.12. The van der Waals surface area contributed by atoms with Crippen LogP contribution in [0.15, 0.2) is 41.0 Å². The van der Waals surface area contributed by atoms with Gasteiger partial charge >= 0.3 is 0 Å². The highest BCUT2D eigenvalue weighted by molar-refractivity contribution is 5.91. The van der Waals surface area contributed by atoms with Crippen LogP contribution in [0.1, 0.15) is 34.5 Å². The van der Waals surface area contributed by atoms with Crippen molar-refractivity contribution in [2.75, 3.05) is 26.2 Å². The molecular formula is C21H26N2O4. The SMILES string of the molecule is Cc1cc(C)cc(OCCNC(=O)C2CCN(C(=O)c3ccco3)CC2)c1. The molecule has 1 saturated heterocycles. The lowest BCUT2D eigenvalue weighted by Crippen LogP contribution is -2.43. The fourth-order valence-electron chi connectivity index (χ4n) is 3.40. The second-order valence-corrected chi connectivity index (χ2v) is 7.01. The van der Waals surface area contributed by atoms with E-state index in [0.717, 1.165) is 16.9 Å². The molecule has 6 nitrogen and oxygen atoms in total.